The fourth-order valence-electron chi connectivity index (χ4n) is 1.92. The molecule has 0 amide bonds. The van der Waals surface area contributed by atoms with E-state index in [2.05, 4.69) is 5.32 Å². The summed E-state index contributed by atoms with van der Waals surface area (Å²) >= 11 is 0. The Bertz CT molecular complexity index is 375. The average Bonchev–Trinajstić information content (AvgIpc) is 2.70. The van der Waals surface area contributed by atoms with Gasteiger partial charge in [-0.05, 0) is 30.5 Å². The van der Waals surface area contributed by atoms with Crippen LogP contribution >= 0.6 is 0 Å². The monoisotopic (exact) mass is 190 g/mol. The third-order valence-electron chi connectivity index (χ3n) is 2.66. The first-order valence-electron chi connectivity index (χ1n) is 4.72. The number of hydrogen-bond donors (Lipinski definition) is 1. The number of nitrogens with one attached hydrogen (secondary N) is 1. The summed E-state index contributed by atoms with van der Waals surface area (Å²) in [6.07, 6.45) is 0.984. The number of halogens is 1. The molecule has 0 aromatic heterocycles. The molecule has 1 aliphatic heterocycles. The van der Waals surface area contributed by atoms with Crippen LogP contribution in [0.4, 0.5) is 4.39 Å². The highest BCUT2D eigenvalue weighted by Gasteiger charge is 2.20. The fourth-order valence-corrected chi connectivity index (χ4v) is 1.92. The molecule has 3 heteroatoms. The second-order valence-electron chi connectivity index (χ2n) is 3.51. The third-order valence-corrected chi connectivity index (χ3v) is 2.66. The molecule has 1 N–H and O–H groups in total. The van der Waals surface area contributed by atoms with Gasteiger partial charge in [0.15, 0.2) is 0 Å². The first-order chi connectivity index (χ1) is 6.83. The summed E-state index contributed by atoms with van der Waals surface area (Å²) in [4.78, 5) is 0. The van der Waals surface area contributed by atoms with Gasteiger partial charge in [0.1, 0.15) is 11.9 Å². The van der Waals surface area contributed by atoms with E-state index in [4.69, 9.17) is 5.26 Å². The Labute approximate surface area is 82.4 Å². The molecule has 72 valence electrons. The van der Waals surface area contributed by atoms with Crippen molar-refractivity contribution in [1.29, 1.82) is 5.26 Å². The minimum Gasteiger partial charge on any atom is -0.316 e. The lowest BCUT2D eigenvalue weighted by atomic mass is 9.94. The molecule has 0 saturated carbocycles. The van der Waals surface area contributed by atoms with Crippen LogP contribution in [-0.2, 0) is 0 Å². The molecule has 0 aliphatic carbocycles. The molecule has 0 radical (unpaired) electrons. The van der Waals surface area contributed by atoms with Gasteiger partial charge in [0.2, 0.25) is 0 Å². The first kappa shape index (κ1) is 9.17. The highest BCUT2D eigenvalue weighted by Crippen LogP contribution is 2.26. The van der Waals surface area contributed by atoms with Crippen molar-refractivity contribution in [3.63, 3.8) is 0 Å². The molecule has 14 heavy (non-hydrogen) atoms. The summed E-state index contributed by atoms with van der Waals surface area (Å²) in [5, 5.41) is 12.1. The Kier molecular flexibility index (Phi) is 2.47. The molecule has 0 bridgehead atoms. The number of rotatable bonds is 1. The second-order valence-corrected chi connectivity index (χ2v) is 3.51. The van der Waals surface area contributed by atoms with Crippen molar-refractivity contribution in [2.45, 2.75) is 12.3 Å². The quantitative estimate of drug-likeness (QED) is 0.732. The molecule has 0 spiro atoms. The van der Waals surface area contributed by atoms with Crippen LogP contribution in [0.5, 0.6) is 0 Å². The number of nitrogens with zero attached hydrogens (tertiary/aromatic N) is 1. The lowest BCUT2D eigenvalue weighted by Crippen LogP contribution is -2.09. The van der Waals surface area contributed by atoms with Gasteiger partial charge in [-0.15, -0.1) is 0 Å². The van der Waals surface area contributed by atoms with Crippen LogP contribution < -0.4 is 5.32 Å². The topological polar surface area (TPSA) is 35.8 Å². The van der Waals surface area contributed by atoms with E-state index in [0.717, 1.165) is 25.1 Å². The Morgan fingerprint density at radius 1 is 1.50 bits per heavy atom. The standard InChI is InChI=1S/C11H11FN2/c12-11-3-1-2-9(10(11)6-13)8-4-5-14-7-8/h1-3,8,14H,4-5,7H2/t8-/m0/s1. The molecule has 0 unspecified atom stereocenters. The van der Waals surface area contributed by atoms with E-state index in [0.29, 0.717) is 5.92 Å². The van der Waals surface area contributed by atoms with Crippen LogP contribution in [0.2, 0.25) is 0 Å². The maximum Gasteiger partial charge on any atom is 0.141 e. The molecule has 1 aliphatic rings. The highest BCUT2D eigenvalue weighted by atomic mass is 19.1. The van der Waals surface area contributed by atoms with Gasteiger partial charge in [-0.25, -0.2) is 4.39 Å². The van der Waals surface area contributed by atoms with Crippen LogP contribution in [0.3, 0.4) is 0 Å². The van der Waals surface area contributed by atoms with Crippen LogP contribution in [-0.4, -0.2) is 13.1 Å². The van der Waals surface area contributed by atoms with Gasteiger partial charge in [-0.1, -0.05) is 12.1 Å². The predicted octanol–water partition coefficient (Wildman–Crippen LogP) is 1.77. The average molecular weight is 190 g/mol. The second kappa shape index (κ2) is 3.77. The summed E-state index contributed by atoms with van der Waals surface area (Å²) in [5.74, 6) is -0.114. The molecule has 1 fully saturated rings. The van der Waals surface area contributed by atoms with Gasteiger partial charge in [0, 0.05) is 6.54 Å². The minimum atomic E-state index is -0.406. The van der Waals surface area contributed by atoms with E-state index in [-0.39, 0.29) is 5.56 Å². The zero-order valence-electron chi connectivity index (χ0n) is 7.76. The van der Waals surface area contributed by atoms with Crippen LogP contribution in [0.15, 0.2) is 18.2 Å². The van der Waals surface area contributed by atoms with Crippen molar-refractivity contribution in [2.24, 2.45) is 0 Å². The molecule has 1 aromatic carbocycles. The van der Waals surface area contributed by atoms with E-state index >= 15 is 0 Å². The number of benzene rings is 1. The highest BCUT2D eigenvalue weighted by molar-refractivity contribution is 5.41. The predicted molar refractivity (Wildman–Crippen MR) is 51.3 cm³/mol. The number of nitriles is 1. The SMILES string of the molecule is N#Cc1c(F)cccc1[C@H]1CCNC1. The van der Waals surface area contributed by atoms with E-state index in [1.807, 2.05) is 12.1 Å². The van der Waals surface area contributed by atoms with Gasteiger partial charge < -0.3 is 5.32 Å². The lowest BCUT2D eigenvalue weighted by molar-refractivity contribution is 0.616. The number of hydrogen-bond acceptors (Lipinski definition) is 2. The molecule has 2 rings (SSSR count). The van der Waals surface area contributed by atoms with E-state index in [1.54, 1.807) is 6.07 Å². The van der Waals surface area contributed by atoms with Gasteiger partial charge in [0.25, 0.3) is 0 Å². The van der Waals surface area contributed by atoms with Crippen molar-refractivity contribution in [2.75, 3.05) is 13.1 Å². The smallest absolute Gasteiger partial charge is 0.141 e. The van der Waals surface area contributed by atoms with E-state index in [9.17, 15) is 4.39 Å². The summed E-state index contributed by atoms with van der Waals surface area (Å²) < 4.78 is 13.3. The Morgan fingerprint density at radius 3 is 3.00 bits per heavy atom. The normalized spacial score (nSPS) is 20.7. The van der Waals surface area contributed by atoms with Gasteiger partial charge in [0.05, 0.1) is 5.56 Å². The van der Waals surface area contributed by atoms with Gasteiger partial charge >= 0.3 is 0 Å². The fraction of sp³-hybridized carbons (Fsp3) is 0.364. The van der Waals surface area contributed by atoms with Crippen molar-refractivity contribution in [3.8, 4) is 6.07 Å². The Morgan fingerprint density at radius 2 is 2.36 bits per heavy atom. The molecule has 1 aromatic rings. The van der Waals surface area contributed by atoms with Crippen molar-refractivity contribution in [1.82, 2.24) is 5.32 Å². The largest absolute Gasteiger partial charge is 0.316 e. The molecular weight excluding hydrogens is 179 g/mol. The lowest BCUT2D eigenvalue weighted by Gasteiger charge is -2.10. The molecule has 1 heterocycles. The zero-order valence-corrected chi connectivity index (χ0v) is 7.76. The van der Waals surface area contributed by atoms with Crippen LogP contribution in [0.1, 0.15) is 23.5 Å². The van der Waals surface area contributed by atoms with Crippen LogP contribution in [0.25, 0.3) is 0 Å². The Balaban J connectivity index is 2.42. The Hall–Kier alpha value is -1.40. The minimum absolute atomic E-state index is 0.209. The summed E-state index contributed by atoms with van der Waals surface area (Å²) in [5.41, 5.74) is 1.05. The van der Waals surface area contributed by atoms with E-state index in [1.165, 1.54) is 6.07 Å². The molecule has 1 saturated heterocycles. The van der Waals surface area contributed by atoms with E-state index < -0.39 is 5.82 Å². The summed E-state index contributed by atoms with van der Waals surface area (Å²) in [7, 11) is 0. The van der Waals surface area contributed by atoms with Gasteiger partial charge in [-0.3, -0.25) is 0 Å². The van der Waals surface area contributed by atoms with Crippen molar-refractivity contribution < 1.29 is 4.39 Å². The molecule has 1 atom stereocenters. The van der Waals surface area contributed by atoms with Crippen LogP contribution in [0, 0.1) is 17.1 Å². The molecule has 2 nitrogen and oxygen atoms in total. The maximum absolute atomic E-state index is 13.3. The molecular formula is C11H11FN2. The zero-order chi connectivity index (χ0) is 9.97. The summed E-state index contributed by atoms with van der Waals surface area (Å²) in [6.45, 7) is 1.80. The van der Waals surface area contributed by atoms with Gasteiger partial charge in [-0.2, -0.15) is 5.26 Å². The first-order valence-corrected chi connectivity index (χ1v) is 4.72. The van der Waals surface area contributed by atoms with Crippen molar-refractivity contribution in [3.05, 3.63) is 35.1 Å². The maximum atomic E-state index is 13.3. The summed E-state index contributed by atoms with van der Waals surface area (Å²) in [6, 6.07) is 6.79. The van der Waals surface area contributed by atoms with Crippen molar-refractivity contribution >= 4 is 0 Å². The third kappa shape index (κ3) is 1.49.